The summed E-state index contributed by atoms with van der Waals surface area (Å²) in [7, 11) is 5.41. The van der Waals surface area contributed by atoms with Gasteiger partial charge in [0.25, 0.3) is 0 Å². The van der Waals surface area contributed by atoms with Crippen molar-refractivity contribution in [1.82, 2.24) is 19.5 Å². The molecule has 1 amide bonds. The Hall–Kier alpha value is -4.21. The first kappa shape index (κ1) is 23.5. The summed E-state index contributed by atoms with van der Waals surface area (Å²) >= 11 is 0. The summed E-state index contributed by atoms with van der Waals surface area (Å²) in [5, 5.41) is 0. The van der Waals surface area contributed by atoms with Crippen molar-refractivity contribution in [3.05, 3.63) is 77.7 Å². The molecule has 0 aliphatic carbocycles. The molecule has 0 unspecified atom stereocenters. The molecule has 5 rings (SSSR count). The number of fused-ring (bicyclic) bond motifs is 1. The number of hydrogen-bond donors (Lipinski definition) is 0. The summed E-state index contributed by atoms with van der Waals surface area (Å²) in [4.78, 5) is 29.4. The van der Waals surface area contributed by atoms with E-state index in [4.69, 9.17) is 4.98 Å². The second-order valence-electron chi connectivity index (χ2n) is 8.87. The van der Waals surface area contributed by atoms with Gasteiger partial charge in [0, 0.05) is 55.9 Å². The van der Waals surface area contributed by atoms with Crippen LogP contribution in [0.1, 0.15) is 16.8 Å². The average Bonchev–Trinajstić information content (AvgIpc) is 3.39. The molecule has 0 bridgehead atoms. The predicted molar refractivity (Wildman–Crippen MR) is 130 cm³/mol. The van der Waals surface area contributed by atoms with Gasteiger partial charge in [-0.3, -0.25) is 9.69 Å². The van der Waals surface area contributed by atoms with Gasteiger partial charge in [0.2, 0.25) is 5.91 Å². The quantitative estimate of drug-likeness (QED) is 0.404. The number of alkyl halides is 3. The zero-order valence-electron chi connectivity index (χ0n) is 19.9. The zero-order chi connectivity index (χ0) is 25.6. The van der Waals surface area contributed by atoms with Gasteiger partial charge in [-0.25, -0.2) is 15.0 Å². The summed E-state index contributed by atoms with van der Waals surface area (Å²) < 4.78 is 40.4. The number of imidazole rings is 1. The van der Waals surface area contributed by atoms with Crippen LogP contribution in [0.3, 0.4) is 0 Å². The molecule has 1 aliphatic rings. The Bertz CT molecular complexity index is 1440. The van der Waals surface area contributed by atoms with Crippen molar-refractivity contribution in [3.8, 4) is 22.8 Å². The van der Waals surface area contributed by atoms with Crippen LogP contribution in [0, 0.1) is 0 Å². The fourth-order valence-corrected chi connectivity index (χ4v) is 4.29. The Morgan fingerprint density at radius 3 is 2.42 bits per heavy atom. The molecule has 10 heteroatoms. The van der Waals surface area contributed by atoms with Crippen LogP contribution in [-0.2, 0) is 31.0 Å². The SMILES string of the molecule is CN(C)c1ccccc1-c1ncc2c(n1)N(Cc1ccc(-c3nc(C(F)(F)F)cn3C)cc1)C(=O)C2. The van der Waals surface area contributed by atoms with Crippen LogP contribution in [0.25, 0.3) is 22.8 Å². The van der Waals surface area contributed by atoms with E-state index in [1.807, 2.05) is 43.3 Å². The minimum Gasteiger partial charge on any atom is -0.377 e. The third-order valence-corrected chi connectivity index (χ3v) is 6.09. The van der Waals surface area contributed by atoms with E-state index in [1.165, 1.54) is 11.6 Å². The summed E-state index contributed by atoms with van der Waals surface area (Å²) in [6.07, 6.45) is -1.62. The molecular formula is C26H23F3N6O. The van der Waals surface area contributed by atoms with Crippen molar-refractivity contribution < 1.29 is 18.0 Å². The first-order valence-electron chi connectivity index (χ1n) is 11.2. The maximum atomic E-state index is 13.0. The topological polar surface area (TPSA) is 67.2 Å². The fraction of sp³-hybridized carbons (Fsp3) is 0.231. The summed E-state index contributed by atoms with van der Waals surface area (Å²) in [6.45, 7) is 0.284. The van der Waals surface area contributed by atoms with E-state index in [1.54, 1.807) is 35.4 Å². The Morgan fingerprint density at radius 1 is 1.03 bits per heavy atom. The smallest absolute Gasteiger partial charge is 0.377 e. The number of carbonyl (C=O) groups is 1. The molecule has 2 aromatic carbocycles. The number of nitrogens with zero attached hydrogens (tertiary/aromatic N) is 6. The summed E-state index contributed by atoms with van der Waals surface area (Å²) in [5.74, 6) is 1.23. The second kappa shape index (κ2) is 8.78. The Kier molecular flexibility index (Phi) is 5.74. The molecular weight excluding hydrogens is 469 g/mol. The molecule has 4 aromatic rings. The monoisotopic (exact) mass is 492 g/mol. The lowest BCUT2D eigenvalue weighted by molar-refractivity contribution is -0.140. The molecule has 0 saturated carbocycles. The van der Waals surface area contributed by atoms with Gasteiger partial charge in [0.1, 0.15) is 11.6 Å². The average molecular weight is 493 g/mol. The number of carbonyl (C=O) groups excluding carboxylic acids is 1. The molecule has 0 radical (unpaired) electrons. The Labute approximate surface area is 205 Å². The standard InChI is InChI=1S/C26H23F3N6O/c1-33(2)20-7-5-4-6-19(20)23-30-13-18-12-22(36)35(25(18)32-23)14-16-8-10-17(11-9-16)24-31-21(15-34(24)3)26(27,28)29/h4-11,13,15H,12,14H2,1-3H3. The van der Waals surface area contributed by atoms with Gasteiger partial charge < -0.3 is 9.47 Å². The maximum Gasteiger partial charge on any atom is 0.434 e. The normalized spacial score (nSPS) is 13.3. The van der Waals surface area contributed by atoms with Gasteiger partial charge in [-0.2, -0.15) is 13.2 Å². The van der Waals surface area contributed by atoms with Crippen molar-refractivity contribution >= 4 is 17.4 Å². The first-order valence-corrected chi connectivity index (χ1v) is 11.2. The van der Waals surface area contributed by atoms with Crippen molar-refractivity contribution in [3.63, 3.8) is 0 Å². The molecule has 184 valence electrons. The van der Waals surface area contributed by atoms with Gasteiger partial charge in [0.05, 0.1) is 13.0 Å². The predicted octanol–water partition coefficient (Wildman–Crippen LogP) is 4.72. The van der Waals surface area contributed by atoms with Crippen molar-refractivity contribution in [2.45, 2.75) is 19.1 Å². The summed E-state index contributed by atoms with van der Waals surface area (Å²) in [5.41, 5.74) is 3.02. The van der Waals surface area contributed by atoms with Gasteiger partial charge in [-0.1, -0.05) is 36.4 Å². The van der Waals surface area contributed by atoms with Crippen LogP contribution in [0.15, 0.2) is 60.9 Å². The van der Waals surface area contributed by atoms with Crippen LogP contribution in [0.2, 0.25) is 0 Å². The minimum absolute atomic E-state index is 0.0830. The maximum absolute atomic E-state index is 13.0. The van der Waals surface area contributed by atoms with Gasteiger partial charge in [-0.15, -0.1) is 0 Å². The summed E-state index contributed by atoms with van der Waals surface area (Å²) in [6, 6.07) is 14.8. The minimum atomic E-state index is -4.51. The molecule has 1 aliphatic heterocycles. The highest BCUT2D eigenvalue weighted by Gasteiger charge is 2.34. The Balaban J connectivity index is 1.42. The molecule has 0 fully saturated rings. The molecule has 36 heavy (non-hydrogen) atoms. The van der Waals surface area contributed by atoms with E-state index < -0.39 is 11.9 Å². The molecule has 0 spiro atoms. The van der Waals surface area contributed by atoms with Crippen LogP contribution < -0.4 is 9.80 Å². The molecule has 0 N–H and O–H groups in total. The fourth-order valence-electron chi connectivity index (χ4n) is 4.29. The largest absolute Gasteiger partial charge is 0.434 e. The lowest BCUT2D eigenvalue weighted by Gasteiger charge is -2.19. The zero-order valence-corrected chi connectivity index (χ0v) is 19.9. The lowest BCUT2D eigenvalue weighted by Crippen LogP contribution is -2.26. The number of rotatable bonds is 5. The van der Waals surface area contributed by atoms with E-state index in [0.29, 0.717) is 17.2 Å². The number of aryl methyl sites for hydroxylation is 1. The van der Waals surface area contributed by atoms with E-state index >= 15 is 0 Å². The first-order chi connectivity index (χ1) is 17.1. The molecule has 0 saturated heterocycles. The van der Waals surface area contributed by atoms with Crippen molar-refractivity contribution in [2.75, 3.05) is 23.9 Å². The van der Waals surface area contributed by atoms with Crippen LogP contribution in [-0.4, -0.2) is 39.5 Å². The van der Waals surface area contributed by atoms with E-state index in [9.17, 15) is 18.0 Å². The Morgan fingerprint density at radius 2 is 1.75 bits per heavy atom. The van der Waals surface area contributed by atoms with E-state index in [-0.39, 0.29) is 24.7 Å². The molecule has 2 aromatic heterocycles. The van der Waals surface area contributed by atoms with Crippen LogP contribution in [0.5, 0.6) is 0 Å². The lowest BCUT2D eigenvalue weighted by atomic mass is 10.1. The third-order valence-electron chi connectivity index (χ3n) is 6.09. The van der Waals surface area contributed by atoms with Gasteiger partial charge >= 0.3 is 6.18 Å². The number of amides is 1. The van der Waals surface area contributed by atoms with Crippen LogP contribution >= 0.6 is 0 Å². The van der Waals surface area contributed by atoms with Gasteiger partial charge in [-0.05, 0) is 17.7 Å². The highest BCUT2D eigenvalue weighted by atomic mass is 19.4. The molecule has 0 atom stereocenters. The van der Waals surface area contributed by atoms with Crippen molar-refractivity contribution in [2.24, 2.45) is 7.05 Å². The third kappa shape index (κ3) is 4.30. The second-order valence-corrected chi connectivity index (χ2v) is 8.87. The number of halogens is 3. The van der Waals surface area contributed by atoms with Gasteiger partial charge in [0.15, 0.2) is 11.5 Å². The van der Waals surface area contributed by atoms with Crippen LogP contribution in [0.4, 0.5) is 24.7 Å². The number of aromatic nitrogens is 4. The molecule has 3 heterocycles. The number of benzene rings is 2. The van der Waals surface area contributed by atoms with Crippen molar-refractivity contribution in [1.29, 1.82) is 0 Å². The van der Waals surface area contributed by atoms with E-state index in [0.717, 1.165) is 28.6 Å². The number of anilines is 2. The van der Waals surface area contributed by atoms with E-state index in [2.05, 4.69) is 9.97 Å². The number of para-hydroxylation sites is 1. The highest BCUT2D eigenvalue weighted by molar-refractivity contribution is 6.00. The molecule has 7 nitrogen and oxygen atoms in total. The highest BCUT2D eigenvalue weighted by Crippen LogP contribution is 2.34. The number of hydrogen-bond acceptors (Lipinski definition) is 5.